The minimum Gasteiger partial charge on any atom is -0.352 e. The second kappa shape index (κ2) is 5.04. The first-order valence-corrected chi connectivity index (χ1v) is 8.65. The first-order chi connectivity index (χ1) is 9.83. The van der Waals surface area contributed by atoms with Crippen LogP contribution in [0.4, 0.5) is 5.82 Å². The third-order valence-corrected chi connectivity index (χ3v) is 5.31. The predicted molar refractivity (Wildman–Crippen MR) is 83.6 cm³/mol. The third-order valence-electron chi connectivity index (χ3n) is 4.55. The summed E-state index contributed by atoms with van der Waals surface area (Å²) in [6, 6.07) is 1.36. The van der Waals surface area contributed by atoms with Gasteiger partial charge in [-0.2, -0.15) is 0 Å². The summed E-state index contributed by atoms with van der Waals surface area (Å²) in [6.07, 6.45) is 8.78. The Morgan fingerprint density at radius 2 is 2.25 bits per heavy atom. The Balaban J connectivity index is 1.68. The molecular formula is C15H22N4S. The smallest absolute Gasteiger partial charge is 0.195 e. The second-order valence-electron chi connectivity index (χ2n) is 6.13. The molecule has 4 nitrogen and oxygen atoms in total. The number of hydrogen-bond donors (Lipinski definition) is 1. The third kappa shape index (κ3) is 2.23. The maximum atomic E-state index is 4.91. The van der Waals surface area contributed by atoms with Gasteiger partial charge in [-0.25, -0.2) is 4.98 Å². The summed E-state index contributed by atoms with van der Waals surface area (Å²) in [6.45, 7) is 4.44. The molecule has 1 saturated heterocycles. The van der Waals surface area contributed by atoms with Crippen LogP contribution < -0.4 is 10.2 Å². The highest BCUT2D eigenvalue weighted by Crippen LogP contribution is 2.30. The van der Waals surface area contributed by atoms with Gasteiger partial charge in [0.05, 0.1) is 5.69 Å². The number of piperidine rings is 1. The van der Waals surface area contributed by atoms with Crippen LogP contribution >= 0.6 is 11.3 Å². The topological polar surface area (TPSA) is 32.6 Å². The summed E-state index contributed by atoms with van der Waals surface area (Å²) in [5, 5.41) is 5.78. The highest BCUT2D eigenvalue weighted by atomic mass is 32.1. The number of fused-ring (bicyclic) bond motifs is 1. The van der Waals surface area contributed by atoms with Gasteiger partial charge in [0.2, 0.25) is 0 Å². The van der Waals surface area contributed by atoms with E-state index in [1.165, 1.54) is 43.6 Å². The maximum absolute atomic E-state index is 4.91. The van der Waals surface area contributed by atoms with Crippen molar-refractivity contribution in [3.05, 3.63) is 17.3 Å². The number of nitrogens with zero attached hydrogens (tertiary/aromatic N) is 3. The van der Waals surface area contributed by atoms with Crippen LogP contribution in [0.2, 0.25) is 0 Å². The first-order valence-electron chi connectivity index (χ1n) is 7.77. The van der Waals surface area contributed by atoms with Gasteiger partial charge in [-0.3, -0.25) is 4.40 Å². The van der Waals surface area contributed by atoms with Crippen LogP contribution in [-0.2, 0) is 6.54 Å². The molecule has 2 fully saturated rings. The van der Waals surface area contributed by atoms with Gasteiger partial charge in [0.1, 0.15) is 0 Å². The van der Waals surface area contributed by atoms with Crippen LogP contribution in [0.15, 0.2) is 11.6 Å². The van der Waals surface area contributed by atoms with E-state index in [0.29, 0.717) is 6.04 Å². The second-order valence-corrected chi connectivity index (χ2v) is 7.00. The molecule has 1 N–H and O–H groups in total. The molecule has 0 aromatic carbocycles. The zero-order valence-electron chi connectivity index (χ0n) is 12.0. The van der Waals surface area contributed by atoms with E-state index in [-0.39, 0.29) is 0 Å². The maximum Gasteiger partial charge on any atom is 0.195 e. The van der Waals surface area contributed by atoms with Gasteiger partial charge in [0.25, 0.3) is 0 Å². The lowest BCUT2D eigenvalue weighted by Gasteiger charge is -2.34. The Labute approximate surface area is 123 Å². The quantitative estimate of drug-likeness (QED) is 0.939. The molecular weight excluding hydrogens is 268 g/mol. The van der Waals surface area contributed by atoms with E-state index in [0.717, 1.165) is 24.1 Å². The molecule has 20 heavy (non-hydrogen) atoms. The number of nitrogens with one attached hydrogen (secondary N) is 1. The van der Waals surface area contributed by atoms with Gasteiger partial charge in [-0.15, -0.1) is 11.3 Å². The molecule has 1 saturated carbocycles. The number of anilines is 1. The molecule has 1 atom stereocenters. The molecule has 2 aromatic rings. The number of rotatable bonds is 4. The van der Waals surface area contributed by atoms with Crippen LogP contribution in [0, 0.1) is 0 Å². The Hall–Kier alpha value is -1.07. The summed E-state index contributed by atoms with van der Waals surface area (Å²) in [5.74, 6) is 1.22. The van der Waals surface area contributed by atoms with Crippen LogP contribution in [0.5, 0.6) is 0 Å². The van der Waals surface area contributed by atoms with Crippen molar-refractivity contribution in [3.8, 4) is 0 Å². The predicted octanol–water partition coefficient (Wildman–Crippen LogP) is 3.03. The summed E-state index contributed by atoms with van der Waals surface area (Å²) in [5.41, 5.74) is 1.35. The Bertz CT molecular complexity index is 598. The molecule has 1 unspecified atom stereocenters. The fourth-order valence-corrected chi connectivity index (χ4v) is 3.88. The van der Waals surface area contributed by atoms with E-state index >= 15 is 0 Å². The van der Waals surface area contributed by atoms with Crippen molar-refractivity contribution in [2.45, 2.75) is 57.7 Å². The number of hydrogen-bond acceptors (Lipinski definition) is 4. The fraction of sp³-hybridized carbons (Fsp3) is 0.667. The normalized spacial score (nSPS) is 23.6. The molecule has 1 aliphatic heterocycles. The largest absolute Gasteiger partial charge is 0.352 e. The molecule has 0 bridgehead atoms. The van der Waals surface area contributed by atoms with Crippen molar-refractivity contribution < 1.29 is 0 Å². The molecule has 5 heteroatoms. The van der Waals surface area contributed by atoms with Crippen molar-refractivity contribution in [1.29, 1.82) is 0 Å². The van der Waals surface area contributed by atoms with Gasteiger partial charge in [-0.05, 0) is 39.0 Å². The fourth-order valence-electron chi connectivity index (χ4n) is 3.16. The average molecular weight is 290 g/mol. The Morgan fingerprint density at radius 1 is 1.35 bits per heavy atom. The monoisotopic (exact) mass is 290 g/mol. The van der Waals surface area contributed by atoms with Gasteiger partial charge in [0, 0.05) is 36.8 Å². The lowest BCUT2D eigenvalue weighted by atomic mass is 10.0. The van der Waals surface area contributed by atoms with Crippen LogP contribution in [0.3, 0.4) is 0 Å². The summed E-state index contributed by atoms with van der Waals surface area (Å²) < 4.78 is 2.27. The molecule has 1 aliphatic carbocycles. The molecule has 2 aliphatic rings. The summed E-state index contributed by atoms with van der Waals surface area (Å²) >= 11 is 1.73. The summed E-state index contributed by atoms with van der Waals surface area (Å²) in [4.78, 5) is 8.56. The van der Waals surface area contributed by atoms with E-state index in [1.54, 1.807) is 11.3 Å². The molecule has 0 radical (unpaired) electrons. The van der Waals surface area contributed by atoms with E-state index in [9.17, 15) is 0 Å². The highest BCUT2D eigenvalue weighted by molar-refractivity contribution is 7.15. The zero-order chi connectivity index (χ0) is 13.5. The van der Waals surface area contributed by atoms with E-state index in [1.807, 2.05) is 0 Å². The molecule has 3 heterocycles. The van der Waals surface area contributed by atoms with Crippen LogP contribution in [0.25, 0.3) is 4.96 Å². The number of imidazole rings is 1. The summed E-state index contributed by atoms with van der Waals surface area (Å²) in [7, 11) is 0. The van der Waals surface area contributed by atoms with E-state index in [2.05, 4.69) is 33.1 Å². The zero-order valence-corrected chi connectivity index (χ0v) is 12.8. The lowest BCUT2D eigenvalue weighted by molar-refractivity contribution is 0.479. The highest BCUT2D eigenvalue weighted by Gasteiger charge is 2.27. The van der Waals surface area contributed by atoms with Crippen molar-refractivity contribution >= 4 is 22.1 Å². The average Bonchev–Trinajstić information content (AvgIpc) is 3.05. The Morgan fingerprint density at radius 3 is 3.05 bits per heavy atom. The number of thiazole rings is 1. The van der Waals surface area contributed by atoms with Gasteiger partial charge >= 0.3 is 0 Å². The van der Waals surface area contributed by atoms with Crippen molar-refractivity contribution in [2.24, 2.45) is 0 Å². The minimum atomic E-state index is 0.619. The number of aromatic nitrogens is 2. The van der Waals surface area contributed by atoms with E-state index < -0.39 is 0 Å². The molecule has 0 amide bonds. The lowest BCUT2D eigenvalue weighted by Crippen LogP contribution is -2.38. The van der Waals surface area contributed by atoms with Crippen molar-refractivity contribution in [2.75, 3.05) is 11.4 Å². The standard InChI is InChI=1S/C15H22N4S/c1-11-4-2-3-7-18(11)14-13(10-16-12-5-6-12)19-8-9-20-15(19)17-14/h8-9,11-12,16H,2-7,10H2,1H3. The molecule has 4 rings (SSSR count). The SMILES string of the molecule is CC1CCCCN1c1nc2sccn2c1CNC1CC1. The first kappa shape index (κ1) is 12.7. The Kier molecular flexibility index (Phi) is 3.19. The van der Waals surface area contributed by atoms with Crippen molar-refractivity contribution in [1.82, 2.24) is 14.7 Å². The van der Waals surface area contributed by atoms with E-state index in [4.69, 9.17) is 4.98 Å². The van der Waals surface area contributed by atoms with Gasteiger partial charge in [-0.1, -0.05) is 0 Å². The molecule has 108 valence electrons. The van der Waals surface area contributed by atoms with Gasteiger partial charge in [0.15, 0.2) is 10.8 Å². The molecule has 0 spiro atoms. The van der Waals surface area contributed by atoms with Crippen molar-refractivity contribution in [3.63, 3.8) is 0 Å². The van der Waals surface area contributed by atoms with Gasteiger partial charge < -0.3 is 10.2 Å². The van der Waals surface area contributed by atoms with Crippen LogP contribution in [-0.4, -0.2) is 28.0 Å². The van der Waals surface area contributed by atoms with Crippen LogP contribution in [0.1, 0.15) is 44.7 Å². The molecule has 2 aromatic heterocycles. The minimum absolute atomic E-state index is 0.619.